The van der Waals surface area contributed by atoms with Crippen molar-refractivity contribution in [1.29, 1.82) is 0 Å². The molecule has 1 aliphatic rings. The molecule has 0 saturated heterocycles. The molecular formula is C10H10Br2O2S. The number of benzene rings is 1. The van der Waals surface area contributed by atoms with Crippen LogP contribution < -0.4 is 0 Å². The van der Waals surface area contributed by atoms with Gasteiger partial charge in [0.05, 0.1) is 13.9 Å². The summed E-state index contributed by atoms with van der Waals surface area (Å²) in [5, 5.41) is 0. The third-order valence-electron chi connectivity index (χ3n) is 2.48. The van der Waals surface area contributed by atoms with E-state index < -0.39 is 9.84 Å². The van der Waals surface area contributed by atoms with Crippen molar-refractivity contribution in [2.75, 3.05) is 5.75 Å². The second-order valence-corrected chi connectivity index (χ2v) is 9.69. The van der Waals surface area contributed by atoms with Crippen LogP contribution in [0.15, 0.2) is 35.2 Å². The van der Waals surface area contributed by atoms with Gasteiger partial charge in [0.2, 0.25) is 0 Å². The quantitative estimate of drug-likeness (QED) is 0.783. The molecule has 2 rings (SSSR count). The van der Waals surface area contributed by atoms with E-state index in [0.717, 1.165) is 6.42 Å². The van der Waals surface area contributed by atoms with Crippen LogP contribution in [0.2, 0.25) is 0 Å². The molecule has 0 amide bonds. The minimum atomic E-state index is -3.13. The highest BCUT2D eigenvalue weighted by molar-refractivity contribution is 9.25. The average Bonchev–Trinajstić information content (AvgIpc) is 2.74. The minimum absolute atomic E-state index is 0.151. The van der Waals surface area contributed by atoms with Crippen molar-refractivity contribution in [3.63, 3.8) is 0 Å². The third kappa shape index (κ3) is 2.63. The summed E-state index contributed by atoms with van der Waals surface area (Å²) in [4.78, 5) is 0.410. The maximum atomic E-state index is 11.9. The molecule has 0 aromatic heterocycles. The van der Waals surface area contributed by atoms with Gasteiger partial charge in [0.25, 0.3) is 0 Å². The van der Waals surface area contributed by atoms with Crippen LogP contribution in [0.3, 0.4) is 0 Å². The van der Waals surface area contributed by atoms with E-state index in [1.165, 1.54) is 0 Å². The van der Waals surface area contributed by atoms with E-state index in [1.807, 2.05) is 6.07 Å². The summed E-state index contributed by atoms with van der Waals surface area (Å²) < 4.78 is 23.7. The molecular weight excluding hydrogens is 344 g/mol. The molecule has 5 heteroatoms. The van der Waals surface area contributed by atoms with Crippen LogP contribution in [-0.4, -0.2) is 17.4 Å². The Hall–Kier alpha value is 0.130. The van der Waals surface area contributed by atoms with Crippen LogP contribution in [0.25, 0.3) is 0 Å². The second kappa shape index (κ2) is 3.86. The van der Waals surface area contributed by atoms with Gasteiger partial charge in [-0.15, -0.1) is 0 Å². The van der Waals surface area contributed by atoms with Crippen LogP contribution in [0.4, 0.5) is 0 Å². The van der Waals surface area contributed by atoms with Crippen LogP contribution in [0, 0.1) is 5.92 Å². The zero-order valence-electron chi connectivity index (χ0n) is 7.86. The van der Waals surface area contributed by atoms with E-state index in [2.05, 4.69) is 31.9 Å². The molecule has 0 spiro atoms. The van der Waals surface area contributed by atoms with Crippen molar-refractivity contribution >= 4 is 41.7 Å². The predicted octanol–water partition coefficient (Wildman–Crippen LogP) is 2.97. The van der Waals surface area contributed by atoms with Crippen LogP contribution >= 0.6 is 31.9 Å². The lowest BCUT2D eigenvalue weighted by Gasteiger charge is -2.03. The fraction of sp³-hybridized carbons (Fsp3) is 0.400. The Bertz CT molecular complexity index is 454. The van der Waals surface area contributed by atoms with Gasteiger partial charge in [-0.05, 0) is 18.6 Å². The normalized spacial score (nSPS) is 23.7. The molecule has 0 aliphatic heterocycles. The fourth-order valence-electron chi connectivity index (χ4n) is 1.44. The molecule has 15 heavy (non-hydrogen) atoms. The van der Waals surface area contributed by atoms with Gasteiger partial charge in [-0.2, -0.15) is 0 Å². The van der Waals surface area contributed by atoms with Crippen molar-refractivity contribution in [2.24, 2.45) is 5.92 Å². The standard InChI is InChI=1S/C10H10Br2O2S/c11-10(12)6-8(10)7-15(13,14)9-4-2-1-3-5-9/h1-5,8H,6-7H2. The lowest BCUT2D eigenvalue weighted by atomic mass is 10.4. The summed E-state index contributed by atoms with van der Waals surface area (Å²) in [6.45, 7) is 0. The van der Waals surface area contributed by atoms with Gasteiger partial charge in [0.1, 0.15) is 0 Å². The van der Waals surface area contributed by atoms with Gasteiger partial charge in [-0.25, -0.2) is 8.42 Å². The van der Waals surface area contributed by atoms with Crippen LogP contribution in [-0.2, 0) is 9.84 Å². The summed E-state index contributed by atoms with van der Waals surface area (Å²) in [5.41, 5.74) is 0. The number of rotatable bonds is 3. The Kier molecular flexibility index (Phi) is 2.99. The van der Waals surface area contributed by atoms with E-state index in [1.54, 1.807) is 24.3 Å². The summed E-state index contributed by atoms with van der Waals surface area (Å²) in [7, 11) is -3.13. The molecule has 82 valence electrons. The van der Waals surface area contributed by atoms with Crippen LogP contribution in [0.5, 0.6) is 0 Å². The van der Waals surface area contributed by atoms with Crippen molar-refractivity contribution in [1.82, 2.24) is 0 Å². The molecule has 1 fully saturated rings. The molecule has 0 radical (unpaired) electrons. The van der Waals surface area contributed by atoms with Gasteiger partial charge < -0.3 is 0 Å². The monoisotopic (exact) mass is 352 g/mol. The van der Waals surface area contributed by atoms with Crippen molar-refractivity contribution < 1.29 is 8.42 Å². The van der Waals surface area contributed by atoms with E-state index >= 15 is 0 Å². The lowest BCUT2D eigenvalue weighted by Crippen LogP contribution is -2.10. The molecule has 0 bridgehead atoms. The highest BCUT2D eigenvalue weighted by atomic mass is 79.9. The molecule has 2 nitrogen and oxygen atoms in total. The number of sulfone groups is 1. The van der Waals surface area contributed by atoms with E-state index in [0.29, 0.717) is 4.90 Å². The third-order valence-corrected chi connectivity index (χ3v) is 6.25. The molecule has 1 saturated carbocycles. The largest absolute Gasteiger partial charge is 0.224 e. The maximum Gasteiger partial charge on any atom is 0.178 e. The first kappa shape index (κ1) is 11.6. The number of alkyl halides is 2. The maximum absolute atomic E-state index is 11.9. The smallest absolute Gasteiger partial charge is 0.178 e. The summed E-state index contributed by atoms with van der Waals surface area (Å²) >= 11 is 6.86. The molecule has 1 aromatic carbocycles. The van der Waals surface area contributed by atoms with Crippen LogP contribution in [0.1, 0.15) is 6.42 Å². The first-order chi connectivity index (χ1) is 6.92. The van der Waals surface area contributed by atoms with Gasteiger partial charge in [0.15, 0.2) is 9.84 Å². The summed E-state index contributed by atoms with van der Waals surface area (Å²) in [5.74, 6) is 0.371. The van der Waals surface area contributed by atoms with Crippen molar-refractivity contribution in [3.8, 4) is 0 Å². The Morgan fingerprint density at radius 2 is 1.80 bits per heavy atom. The van der Waals surface area contributed by atoms with Gasteiger partial charge in [-0.3, -0.25) is 0 Å². The molecule has 0 heterocycles. The van der Waals surface area contributed by atoms with E-state index in [4.69, 9.17) is 0 Å². The minimum Gasteiger partial charge on any atom is -0.224 e. The lowest BCUT2D eigenvalue weighted by molar-refractivity contribution is 0.592. The first-order valence-electron chi connectivity index (χ1n) is 4.57. The molecule has 1 aliphatic carbocycles. The average molecular weight is 354 g/mol. The molecule has 1 aromatic rings. The number of hydrogen-bond acceptors (Lipinski definition) is 2. The predicted molar refractivity (Wildman–Crippen MR) is 67.2 cm³/mol. The van der Waals surface area contributed by atoms with Crippen molar-refractivity contribution in [3.05, 3.63) is 30.3 Å². The molecule has 1 atom stereocenters. The van der Waals surface area contributed by atoms with Crippen molar-refractivity contribution in [2.45, 2.75) is 14.5 Å². The Labute approximate surface area is 106 Å². The SMILES string of the molecule is O=S(=O)(CC1CC1(Br)Br)c1ccccc1. The summed E-state index contributed by atoms with van der Waals surface area (Å²) in [6.07, 6.45) is 0.860. The first-order valence-corrected chi connectivity index (χ1v) is 7.81. The topological polar surface area (TPSA) is 34.1 Å². The van der Waals surface area contributed by atoms with Gasteiger partial charge in [0, 0.05) is 5.92 Å². The second-order valence-electron chi connectivity index (χ2n) is 3.76. The van der Waals surface area contributed by atoms with E-state index in [-0.39, 0.29) is 14.9 Å². The van der Waals surface area contributed by atoms with E-state index in [9.17, 15) is 8.42 Å². The highest BCUT2D eigenvalue weighted by Gasteiger charge is 2.52. The Balaban J connectivity index is 2.16. The van der Waals surface area contributed by atoms with Gasteiger partial charge in [-0.1, -0.05) is 50.1 Å². The number of hydrogen-bond donors (Lipinski definition) is 0. The Morgan fingerprint density at radius 3 is 2.27 bits per heavy atom. The Morgan fingerprint density at radius 1 is 1.27 bits per heavy atom. The molecule has 0 N–H and O–H groups in total. The summed E-state index contributed by atoms with van der Waals surface area (Å²) in [6, 6.07) is 8.59. The molecule has 1 unspecified atom stereocenters. The van der Waals surface area contributed by atoms with Gasteiger partial charge >= 0.3 is 0 Å². The highest BCUT2D eigenvalue weighted by Crippen LogP contribution is 2.57. The zero-order valence-corrected chi connectivity index (χ0v) is 11.8. The fourth-order valence-corrected chi connectivity index (χ4v) is 4.67. The number of halogens is 2. The zero-order chi connectivity index (χ0) is 11.1.